The van der Waals surface area contributed by atoms with Crippen molar-refractivity contribution < 1.29 is 4.92 Å². The number of nitrogens with one attached hydrogen (secondary N) is 2. The van der Waals surface area contributed by atoms with E-state index in [1.54, 1.807) is 30.3 Å². The van der Waals surface area contributed by atoms with Crippen LogP contribution < -0.4 is 16.6 Å². The van der Waals surface area contributed by atoms with Gasteiger partial charge in [-0.15, -0.1) is 0 Å². The smallest absolute Gasteiger partial charge is 0.316 e. The third kappa shape index (κ3) is 2.81. The van der Waals surface area contributed by atoms with Gasteiger partial charge in [0.15, 0.2) is 0 Å². The van der Waals surface area contributed by atoms with Crippen molar-refractivity contribution in [2.24, 2.45) is 5.84 Å². The fourth-order valence-corrected chi connectivity index (χ4v) is 2.10. The summed E-state index contributed by atoms with van der Waals surface area (Å²) in [5, 5.41) is 14.8. The average Bonchev–Trinajstić information content (AvgIpc) is 2.41. The van der Waals surface area contributed by atoms with Crippen LogP contribution in [0.15, 0.2) is 36.4 Å². The second kappa shape index (κ2) is 5.77. The molecule has 0 saturated carbocycles. The Morgan fingerprint density at radius 3 is 2.50 bits per heavy atom. The molecule has 0 aliphatic carbocycles. The van der Waals surface area contributed by atoms with E-state index in [1.807, 2.05) is 6.92 Å². The van der Waals surface area contributed by atoms with Gasteiger partial charge in [-0.05, 0) is 42.8 Å². The van der Waals surface area contributed by atoms with E-state index < -0.39 is 4.92 Å². The number of benzene rings is 2. The van der Waals surface area contributed by atoms with Crippen LogP contribution in [0.2, 0.25) is 5.02 Å². The number of para-hydroxylation sites is 1. The molecule has 2 rings (SSSR count). The van der Waals surface area contributed by atoms with E-state index in [0.717, 1.165) is 11.3 Å². The number of halogens is 1. The summed E-state index contributed by atoms with van der Waals surface area (Å²) in [4.78, 5) is 10.7. The zero-order valence-electron chi connectivity index (χ0n) is 10.7. The quantitative estimate of drug-likeness (QED) is 0.455. The summed E-state index contributed by atoms with van der Waals surface area (Å²) in [5.74, 6) is 5.30. The Hall–Kier alpha value is -2.31. The predicted octanol–water partition coefficient (Wildman–Crippen LogP) is 3.59. The molecule has 0 heterocycles. The van der Waals surface area contributed by atoms with Crippen molar-refractivity contribution in [2.75, 3.05) is 10.7 Å². The van der Waals surface area contributed by atoms with Gasteiger partial charge in [0.1, 0.15) is 11.4 Å². The molecule has 0 aromatic heterocycles. The Labute approximate surface area is 120 Å². The highest BCUT2D eigenvalue weighted by molar-refractivity contribution is 6.30. The number of rotatable bonds is 4. The molecule has 0 atom stereocenters. The summed E-state index contributed by atoms with van der Waals surface area (Å²) >= 11 is 5.89. The summed E-state index contributed by atoms with van der Waals surface area (Å²) in [6.07, 6.45) is 0. The van der Waals surface area contributed by atoms with Crippen molar-refractivity contribution >= 4 is 34.4 Å². The molecule has 2 aromatic rings. The second-order valence-electron chi connectivity index (χ2n) is 4.19. The lowest BCUT2D eigenvalue weighted by Crippen LogP contribution is -2.10. The van der Waals surface area contributed by atoms with E-state index in [4.69, 9.17) is 17.4 Å². The number of hydrazine groups is 1. The number of hydrogen-bond acceptors (Lipinski definition) is 5. The van der Waals surface area contributed by atoms with Gasteiger partial charge in [0.25, 0.3) is 0 Å². The van der Waals surface area contributed by atoms with Crippen LogP contribution in [-0.2, 0) is 0 Å². The molecule has 2 aromatic carbocycles. The maximum atomic E-state index is 11.2. The number of hydrogen-bond donors (Lipinski definition) is 3. The number of nitro benzene ring substituents is 1. The van der Waals surface area contributed by atoms with E-state index in [9.17, 15) is 10.1 Å². The first-order valence-electron chi connectivity index (χ1n) is 5.80. The second-order valence-corrected chi connectivity index (χ2v) is 4.62. The van der Waals surface area contributed by atoms with Gasteiger partial charge in [-0.1, -0.05) is 17.7 Å². The lowest BCUT2D eigenvalue weighted by Gasteiger charge is -2.12. The Bertz CT molecular complexity index is 661. The van der Waals surface area contributed by atoms with Gasteiger partial charge in [-0.3, -0.25) is 16.0 Å². The summed E-state index contributed by atoms with van der Waals surface area (Å²) in [5.41, 5.74) is 4.45. The molecule has 0 unspecified atom stereocenters. The van der Waals surface area contributed by atoms with Crippen LogP contribution in [0, 0.1) is 17.0 Å². The van der Waals surface area contributed by atoms with Crippen molar-refractivity contribution in [1.29, 1.82) is 0 Å². The van der Waals surface area contributed by atoms with Gasteiger partial charge in [0.2, 0.25) is 0 Å². The molecule has 20 heavy (non-hydrogen) atoms. The maximum Gasteiger partial charge on any atom is 0.316 e. The van der Waals surface area contributed by atoms with Gasteiger partial charge in [0.05, 0.1) is 4.92 Å². The molecule has 104 valence electrons. The molecular formula is C13H13ClN4O2. The molecule has 0 saturated heterocycles. The number of anilines is 3. The zero-order valence-corrected chi connectivity index (χ0v) is 11.4. The van der Waals surface area contributed by atoms with E-state index in [0.29, 0.717) is 10.7 Å². The van der Waals surface area contributed by atoms with Gasteiger partial charge in [-0.2, -0.15) is 0 Å². The van der Waals surface area contributed by atoms with Gasteiger partial charge >= 0.3 is 5.69 Å². The fourth-order valence-electron chi connectivity index (χ4n) is 1.87. The third-order valence-corrected chi connectivity index (χ3v) is 3.07. The van der Waals surface area contributed by atoms with Crippen LogP contribution in [0.25, 0.3) is 0 Å². The average molecular weight is 293 g/mol. The number of aryl methyl sites for hydroxylation is 1. The highest BCUT2D eigenvalue weighted by Crippen LogP contribution is 2.35. The van der Waals surface area contributed by atoms with Crippen LogP contribution in [0.4, 0.5) is 22.7 Å². The highest BCUT2D eigenvalue weighted by Gasteiger charge is 2.19. The molecule has 0 aliphatic heterocycles. The first kappa shape index (κ1) is 14.1. The predicted molar refractivity (Wildman–Crippen MR) is 80.4 cm³/mol. The van der Waals surface area contributed by atoms with Crippen LogP contribution in [0.3, 0.4) is 0 Å². The number of nitrogens with zero attached hydrogens (tertiary/aromatic N) is 1. The normalized spacial score (nSPS) is 10.2. The highest BCUT2D eigenvalue weighted by atomic mass is 35.5. The topological polar surface area (TPSA) is 93.2 Å². The van der Waals surface area contributed by atoms with Gasteiger partial charge in [0, 0.05) is 10.7 Å². The minimum absolute atomic E-state index is 0.107. The van der Waals surface area contributed by atoms with Gasteiger partial charge < -0.3 is 10.7 Å². The van der Waals surface area contributed by atoms with Crippen LogP contribution in [0.1, 0.15) is 5.56 Å². The molecule has 0 aliphatic rings. The minimum Gasteiger partial charge on any atom is -0.350 e. The molecule has 0 radical (unpaired) electrons. The summed E-state index contributed by atoms with van der Waals surface area (Å²) < 4.78 is 0. The lowest BCUT2D eigenvalue weighted by molar-refractivity contribution is -0.383. The van der Waals surface area contributed by atoms with Gasteiger partial charge in [-0.25, -0.2) is 0 Å². The summed E-state index contributed by atoms with van der Waals surface area (Å²) in [7, 11) is 0. The van der Waals surface area contributed by atoms with E-state index in [2.05, 4.69) is 10.7 Å². The lowest BCUT2D eigenvalue weighted by atomic mass is 10.1. The van der Waals surface area contributed by atoms with E-state index in [1.165, 1.54) is 6.07 Å². The third-order valence-electron chi connectivity index (χ3n) is 2.83. The van der Waals surface area contributed by atoms with E-state index in [-0.39, 0.29) is 11.4 Å². The monoisotopic (exact) mass is 292 g/mol. The Balaban J connectivity index is 2.45. The minimum atomic E-state index is -0.483. The molecule has 6 nitrogen and oxygen atoms in total. The number of nitro groups is 1. The Morgan fingerprint density at radius 2 is 1.90 bits per heavy atom. The number of nitrogen functional groups attached to an aromatic ring is 1. The maximum absolute atomic E-state index is 11.2. The van der Waals surface area contributed by atoms with Crippen molar-refractivity contribution in [2.45, 2.75) is 6.92 Å². The summed E-state index contributed by atoms with van der Waals surface area (Å²) in [6, 6.07) is 10.1. The zero-order chi connectivity index (χ0) is 14.7. The van der Waals surface area contributed by atoms with Crippen LogP contribution in [-0.4, -0.2) is 4.92 Å². The number of nitrogens with two attached hydrogens (primary N) is 1. The van der Waals surface area contributed by atoms with Crippen molar-refractivity contribution in [3.63, 3.8) is 0 Å². The van der Waals surface area contributed by atoms with Crippen molar-refractivity contribution in [3.8, 4) is 0 Å². The molecule has 0 spiro atoms. The molecule has 7 heteroatoms. The standard InChI is InChI=1S/C13H13ClN4O2/c1-8-7-9(14)5-6-10(8)16-11-3-2-4-12(17-15)13(11)18(19)20/h2-7,16-17H,15H2,1H3. The molecule has 0 fully saturated rings. The first-order valence-corrected chi connectivity index (χ1v) is 6.18. The SMILES string of the molecule is Cc1cc(Cl)ccc1Nc1cccc(NN)c1[N+](=O)[O-]. The fraction of sp³-hybridized carbons (Fsp3) is 0.0769. The Morgan fingerprint density at radius 1 is 1.20 bits per heavy atom. The Kier molecular flexibility index (Phi) is 4.07. The summed E-state index contributed by atoms with van der Waals surface area (Å²) in [6.45, 7) is 1.87. The van der Waals surface area contributed by atoms with Crippen LogP contribution in [0.5, 0.6) is 0 Å². The molecule has 4 N–H and O–H groups in total. The largest absolute Gasteiger partial charge is 0.350 e. The molecule has 0 bridgehead atoms. The van der Waals surface area contributed by atoms with E-state index >= 15 is 0 Å². The first-order chi connectivity index (χ1) is 9.52. The molecule has 0 amide bonds. The van der Waals surface area contributed by atoms with Crippen LogP contribution >= 0.6 is 11.6 Å². The van der Waals surface area contributed by atoms with Crippen molar-refractivity contribution in [3.05, 3.63) is 57.1 Å². The van der Waals surface area contributed by atoms with Crippen molar-refractivity contribution in [1.82, 2.24) is 0 Å². The molecular weight excluding hydrogens is 280 g/mol.